The average molecular weight is 272 g/mol. The maximum atomic E-state index is 5.98. The first-order chi connectivity index (χ1) is 9.70. The molecule has 3 N–H and O–H groups in total. The smallest absolute Gasteiger partial charge is 0.287 e. The van der Waals surface area contributed by atoms with Crippen molar-refractivity contribution >= 4 is 5.95 Å². The van der Waals surface area contributed by atoms with Gasteiger partial charge in [0.05, 0.1) is 5.69 Å². The van der Waals surface area contributed by atoms with Crippen molar-refractivity contribution in [2.45, 2.75) is 64.2 Å². The molecular formula is C17H26N3+. The minimum Gasteiger partial charge on any atom is -0.287 e. The van der Waals surface area contributed by atoms with Gasteiger partial charge in [0.15, 0.2) is 0 Å². The molecule has 1 aromatic heterocycles. The summed E-state index contributed by atoms with van der Waals surface area (Å²) in [6.07, 6.45) is 11.9. The molecule has 2 aliphatic rings. The number of aromatic nitrogens is 2. The van der Waals surface area contributed by atoms with Gasteiger partial charge in [-0.25, -0.2) is 4.98 Å². The Morgan fingerprint density at radius 3 is 3.05 bits per heavy atom. The molecule has 0 radical (unpaired) electrons. The summed E-state index contributed by atoms with van der Waals surface area (Å²) in [5, 5.41) is 0. The largest absolute Gasteiger partial charge is 0.387 e. The lowest BCUT2D eigenvalue weighted by Gasteiger charge is -2.32. The van der Waals surface area contributed by atoms with E-state index in [1.165, 1.54) is 42.6 Å². The van der Waals surface area contributed by atoms with Crippen LogP contribution in [-0.2, 0) is 6.42 Å². The third-order valence-corrected chi connectivity index (χ3v) is 4.98. The average Bonchev–Trinajstić information content (AvgIpc) is 2.80. The Hall–Kier alpha value is -1.38. The predicted molar refractivity (Wildman–Crippen MR) is 81.5 cm³/mol. The number of nitrogens with two attached hydrogens (primary N) is 1. The summed E-state index contributed by atoms with van der Waals surface area (Å²) in [7, 11) is 0. The van der Waals surface area contributed by atoms with Crippen LogP contribution in [0.3, 0.4) is 0 Å². The number of allylic oxidation sites excluding steroid dienone is 2. The third kappa shape index (κ3) is 2.34. The van der Waals surface area contributed by atoms with Crippen molar-refractivity contribution in [3.05, 3.63) is 29.1 Å². The van der Waals surface area contributed by atoms with E-state index < -0.39 is 0 Å². The van der Waals surface area contributed by atoms with E-state index >= 15 is 0 Å². The number of nitrogens with zero attached hydrogens (tertiary/aromatic N) is 1. The van der Waals surface area contributed by atoms with Gasteiger partial charge in [0.25, 0.3) is 0 Å². The molecule has 0 unspecified atom stereocenters. The topological polar surface area (TPSA) is 53.0 Å². The Kier molecular flexibility index (Phi) is 3.77. The Balaban J connectivity index is 1.91. The first-order valence-electron chi connectivity index (χ1n) is 8.07. The van der Waals surface area contributed by atoms with E-state index in [1.807, 2.05) is 0 Å². The quantitative estimate of drug-likeness (QED) is 0.854. The SMILES string of the molecule is CCC/C=C\C[C@@H]1c2[nH+]c(N)nc3c2[C@@H](CC3)C[C@H]1C. The molecule has 0 aliphatic heterocycles. The van der Waals surface area contributed by atoms with Crippen LogP contribution in [0.25, 0.3) is 0 Å². The number of rotatable bonds is 4. The number of nitrogens with one attached hydrogen (secondary N) is 1. The molecule has 3 atom stereocenters. The van der Waals surface area contributed by atoms with E-state index in [0.717, 1.165) is 24.7 Å². The number of H-pyrrole nitrogens is 1. The molecule has 0 bridgehead atoms. The molecule has 1 heterocycles. The number of unbranched alkanes of at least 4 members (excludes halogenated alkanes) is 1. The van der Waals surface area contributed by atoms with Crippen LogP contribution in [0.4, 0.5) is 5.95 Å². The highest BCUT2D eigenvalue weighted by Crippen LogP contribution is 2.48. The molecule has 3 heteroatoms. The zero-order valence-electron chi connectivity index (χ0n) is 12.7. The Morgan fingerprint density at radius 2 is 2.25 bits per heavy atom. The van der Waals surface area contributed by atoms with Gasteiger partial charge < -0.3 is 0 Å². The molecule has 0 spiro atoms. The second-order valence-corrected chi connectivity index (χ2v) is 6.45. The number of nitrogen functional groups attached to an aromatic ring is 1. The summed E-state index contributed by atoms with van der Waals surface area (Å²) in [5.41, 5.74) is 10.1. The number of anilines is 1. The lowest BCUT2D eigenvalue weighted by atomic mass is 9.73. The van der Waals surface area contributed by atoms with Gasteiger partial charge in [-0.2, -0.15) is 0 Å². The molecule has 108 valence electrons. The Morgan fingerprint density at radius 1 is 1.40 bits per heavy atom. The molecule has 0 amide bonds. The van der Waals surface area contributed by atoms with Crippen molar-refractivity contribution in [3.63, 3.8) is 0 Å². The summed E-state index contributed by atoms with van der Waals surface area (Å²) < 4.78 is 0. The number of aryl methyl sites for hydroxylation is 1. The minimum atomic E-state index is 0.580. The van der Waals surface area contributed by atoms with Crippen molar-refractivity contribution in [2.75, 3.05) is 5.73 Å². The molecule has 3 nitrogen and oxygen atoms in total. The van der Waals surface area contributed by atoms with Crippen molar-refractivity contribution < 1.29 is 4.98 Å². The molecule has 3 rings (SSSR count). The molecular weight excluding hydrogens is 246 g/mol. The Labute approximate surface area is 121 Å². The standard InChI is InChI=1S/C17H25N3/c1-3-4-5-6-7-13-11(2)10-12-8-9-14-15(12)16(13)20-17(18)19-14/h5-6,11-13H,3-4,7-10H2,1-2H3,(H2,18,19,20)/p+1/b6-5-/t11-,12+,13+/m1/s1. The number of hydrogen-bond acceptors (Lipinski definition) is 2. The first-order valence-corrected chi connectivity index (χ1v) is 8.07. The van der Waals surface area contributed by atoms with Gasteiger partial charge >= 0.3 is 5.95 Å². The van der Waals surface area contributed by atoms with Gasteiger partial charge in [0.2, 0.25) is 0 Å². The maximum absolute atomic E-state index is 5.98. The Bertz CT molecular complexity index is 521. The van der Waals surface area contributed by atoms with Crippen LogP contribution in [-0.4, -0.2) is 4.98 Å². The zero-order valence-corrected chi connectivity index (χ0v) is 12.7. The van der Waals surface area contributed by atoms with Gasteiger partial charge in [-0.05, 0) is 37.5 Å². The maximum Gasteiger partial charge on any atom is 0.387 e. The van der Waals surface area contributed by atoms with Crippen LogP contribution in [0.2, 0.25) is 0 Å². The van der Waals surface area contributed by atoms with Crippen molar-refractivity contribution in [1.82, 2.24) is 4.98 Å². The highest BCUT2D eigenvalue weighted by atomic mass is 15.0. The molecule has 20 heavy (non-hydrogen) atoms. The van der Waals surface area contributed by atoms with Crippen molar-refractivity contribution in [2.24, 2.45) is 5.92 Å². The predicted octanol–water partition coefficient (Wildman–Crippen LogP) is 3.38. The van der Waals surface area contributed by atoms with Crippen LogP contribution in [0, 0.1) is 5.92 Å². The van der Waals surface area contributed by atoms with Gasteiger partial charge in [-0.1, -0.05) is 37.4 Å². The van der Waals surface area contributed by atoms with E-state index in [0.29, 0.717) is 11.9 Å². The summed E-state index contributed by atoms with van der Waals surface area (Å²) in [6.45, 7) is 4.62. The van der Waals surface area contributed by atoms with Crippen molar-refractivity contribution in [3.8, 4) is 0 Å². The third-order valence-electron chi connectivity index (χ3n) is 4.98. The van der Waals surface area contributed by atoms with Crippen LogP contribution >= 0.6 is 0 Å². The van der Waals surface area contributed by atoms with Gasteiger partial charge in [0.1, 0.15) is 5.69 Å². The zero-order chi connectivity index (χ0) is 14.1. The molecule has 1 aromatic rings. The second-order valence-electron chi connectivity index (χ2n) is 6.45. The van der Waals surface area contributed by atoms with Gasteiger partial charge in [-0.15, -0.1) is 0 Å². The molecule has 2 aliphatic carbocycles. The summed E-state index contributed by atoms with van der Waals surface area (Å²) in [4.78, 5) is 7.91. The van der Waals surface area contributed by atoms with Gasteiger partial charge in [0, 0.05) is 17.9 Å². The molecule has 0 aromatic carbocycles. The fourth-order valence-electron chi connectivity index (χ4n) is 4.00. The van der Waals surface area contributed by atoms with Crippen LogP contribution < -0.4 is 10.7 Å². The van der Waals surface area contributed by atoms with E-state index in [2.05, 4.69) is 36.0 Å². The van der Waals surface area contributed by atoms with Crippen LogP contribution in [0.15, 0.2) is 12.2 Å². The minimum absolute atomic E-state index is 0.580. The van der Waals surface area contributed by atoms with E-state index in [9.17, 15) is 0 Å². The van der Waals surface area contributed by atoms with Crippen LogP contribution in [0.5, 0.6) is 0 Å². The lowest BCUT2D eigenvalue weighted by Crippen LogP contribution is -2.31. The summed E-state index contributed by atoms with van der Waals surface area (Å²) in [5.74, 6) is 2.62. The highest BCUT2D eigenvalue weighted by molar-refractivity contribution is 5.38. The fraction of sp³-hybridized carbons (Fsp3) is 0.647. The summed E-state index contributed by atoms with van der Waals surface area (Å²) >= 11 is 0. The van der Waals surface area contributed by atoms with E-state index in [4.69, 9.17) is 5.73 Å². The van der Waals surface area contributed by atoms with Crippen molar-refractivity contribution in [1.29, 1.82) is 0 Å². The molecule has 0 saturated carbocycles. The number of aromatic amines is 1. The normalized spacial score (nSPS) is 28.0. The molecule has 0 saturated heterocycles. The first kappa shape index (κ1) is 13.6. The fourth-order valence-corrected chi connectivity index (χ4v) is 4.00. The van der Waals surface area contributed by atoms with E-state index in [-0.39, 0.29) is 0 Å². The van der Waals surface area contributed by atoms with E-state index in [1.54, 1.807) is 0 Å². The number of hydrogen-bond donors (Lipinski definition) is 1. The monoisotopic (exact) mass is 272 g/mol. The van der Waals surface area contributed by atoms with Gasteiger partial charge in [-0.3, -0.25) is 5.73 Å². The summed E-state index contributed by atoms with van der Waals surface area (Å²) in [6, 6.07) is 0. The molecule has 0 fully saturated rings. The highest BCUT2D eigenvalue weighted by Gasteiger charge is 2.40. The van der Waals surface area contributed by atoms with Crippen LogP contribution in [0.1, 0.15) is 74.7 Å². The lowest BCUT2D eigenvalue weighted by molar-refractivity contribution is -0.383. The second kappa shape index (κ2) is 5.55.